The molecule has 1 saturated heterocycles. The van der Waals surface area contributed by atoms with Crippen LogP contribution in [0.1, 0.15) is 77.0 Å². The summed E-state index contributed by atoms with van der Waals surface area (Å²) in [7, 11) is 0. The van der Waals surface area contributed by atoms with Crippen molar-refractivity contribution in [1.29, 1.82) is 0 Å². The molecule has 2 saturated carbocycles. The number of hydrogen-bond donors (Lipinski definition) is 1. The van der Waals surface area contributed by atoms with E-state index in [2.05, 4.69) is 10.2 Å². The molecule has 2 aliphatic carbocycles. The quantitative estimate of drug-likeness (QED) is 0.806. The molecule has 0 radical (unpaired) electrons. The first-order chi connectivity index (χ1) is 11.3. The van der Waals surface area contributed by atoms with Gasteiger partial charge < -0.3 is 10.2 Å². The average Bonchev–Trinajstić information content (AvgIpc) is 2.61. The van der Waals surface area contributed by atoms with Crippen LogP contribution in [0.5, 0.6) is 0 Å². The molecule has 2 atom stereocenters. The number of carbonyl (C=O) groups excluding carboxylic acids is 2. The summed E-state index contributed by atoms with van der Waals surface area (Å²) in [5.41, 5.74) is 0. The van der Waals surface area contributed by atoms with E-state index in [4.69, 9.17) is 0 Å². The minimum Gasteiger partial charge on any atom is -0.356 e. The van der Waals surface area contributed by atoms with Gasteiger partial charge in [-0.1, -0.05) is 32.1 Å². The molecule has 0 aromatic heterocycles. The molecule has 3 aliphatic rings. The van der Waals surface area contributed by atoms with E-state index in [1.807, 2.05) is 0 Å². The van der Waals surface area contributed by atoms with Gasteiger partial charge in [-0.2, -0.15) is 0 Å². The highest BCUT2D eigenvalue weighted by Crippen LogP contribution is 2.33. The van der Waals surface area contributed by atoms with E-state index in [1.54, 1.807) is 0 Å². The van der Waals surface area contributed by atoms with Gasteiger partial charge >= 0.3 is 0 Å². The molecule has 3 fully saturated rings. The van der Waals surface area contributed by atoms with Crippen molar-refractivity contribution in [3.8, 4) is 0 Å². The lowest BCUT2D eigenvalue weighted by Crippen LogP contribution is -2.53. The summed E-state index contributed by atoms with van der Waals surface area (Å²) in [6, 6.07) is 0.149. The Balaban J connectivity index is 1.77. The van der Waals surface area contributed by atoms with E-state index in [0.717, 1.165) is 70.9 Å². The fraction of sp³-hybridized carbons (Fsp3) is 0.895. The maximum Gasteiger partial charge on any atom is 0.225 e. The van der Waals surface area contributed by atoms with E-state index in [-0.39, 0.29) is 23.8 Å². The van der Waals surface area contributed by atoms with Crippen LogP contribution >= 0.6 is 0 Å². The molecule has 0 unspecified atom stereocenters. The van der Waals surface area contributed by atoms with Gasteiger partial charge in [-0.3, -0.25) is 9.59 Å². The minimum atomic E-state index is 0.0226. The second-order valence-electron chi connectivity index (χ2n) is 7.68. The number of hydrogen-bond acceptors (Lipinski definition) is 2. The van der Waals surface area contributed by atoms with Gasteiger partial charge in [-0.25, -0.2) is 0 Å². The Kier molecular flexibility index (Phi) is 5.96. The van der Waals surface area contributed by atoms with Crippen LogP contribution in [0.2, 0.25) is 0 Å². The molecule has 4 heteroatoms. The van der Waals surface area contributed by atoms with Gasteiger partial charge in [0, 0.05) is 25.0 Å². The predicted molar refractivity (Wildman–Crippen MR) is 90.9 cm³/mol. The van der Waals surface area contributed by atoms with Crippen LogP contribution in [0.3, 0.4) is 0 Å². The summed E-state index contributed by atoms with van der Waals surface area (Å²) in [6.07, 6.45) is 13.2. The van der Waals surface area contributed by atoms with Gasteiger partial charge in [0.25, 0.3) is 0 Å². The summed E-state index contributed by atoms with van der Waals surface area (Å²) >= 11 is 0. The number of amides is 2. The number of carbonyl (C=O) groups is 2. The summed E-state index contributed by atoms with van der Waals surface area (Å²) in [5.74, 6) is 0.791. The van der Waals surface area contributed by atoms with Gasteiger partial charge in [0.1, 0.15) is 0 Å². The van der Waals surface area contributed by atoms with Crippen LogP contribution < -0.4 is 5.32 Å². The summed E-state index contributed by atoms with van der Waals surface area (Å²) in [5, 5.41) is 3.11. The molecule has 0 bridgehead atoms. The van der Waals surface area contributed by atoms with Crippen molar-refractivity contribution in [2.24, 2.45) is 11.8 Å². The third-order valence-electron chi connectivity index (χ3n) is 6.08. The molecule has 3 rings (SSSR count). The van der Waals surface area contributed by atoms with E-state index < -0.39 is 0 Å². The maximum atomic E-state index is 13.2. The van der Waals surface area contributed by atoms with Gasteiger partial charge in [-0.05, 0) is 44.9 Å². The van der Waals surface area contributed by atoms with Gasteiger partial charge in [0.15, 0.2) is 0 Å². The average molecular weight is 320 g/mol. The standard InChI is InChI=1S/C19H32N2O2/c22-18-16-11-5-6-12-17(16)21(14-8-2-7-13-20-18)19(23)15-9-3-1-4-10-15/h15-17H,1-14H2,(H,20,22)/t16-,17+/m1/s1. The van der Waals surface area contributed by atoms with Crippen molar-refractivity contribution in [2.75, 3.05) is 13.1 Å². The molecule has 1 heterocycles. The second-order valence-corrected chi connectivity index (χ2v) is 7.68. The minimum absolute atomic E-state index is 0.0226. The molecule has 2 amide bonds. The molecule has 4 nitrogen and oxygen atoms in total. The van der Waals surface area contributed by atoms with Crippen molar-refractivity contribution in [3.05, 3.63) is 0 Å². The van der Waals surface area contributed by atoms with Crippen LogP contribution in [-0.2, 0) is 9.59 Å². The Morgan fingerprint density at radius 1 is 0.870 bits per heavy atom. The highest BCUT2D eigenvalue weighted by Gasteiger charge is 2.39. The topological polar surface area (TPSA) is 49.4 Å². The summed E-state index contributed by atoms with van der Waals surface area (Å²) in [4.78, 5) is 27.9. The number of nitrogens with one attached hydrogen (secondary N) is 1. The highest BCUT2D eigenvalue weighted by atomic mass is 16.2. The van der Waals surface area contributed by atoms with Crippen LogP contribution in [-0.4, -0.2) is 35.8 Å². The van der Waals surface area contributed by atoms with E-state index in [1.165, 1.54) is 19.3 Å². The first-order valence-electron chi connectivity index (χ1n) is 9.85. The lowest BCUT2D eigenvalue weighted by molar-refractivity contribution is -0.143. The number of rotatable bonds is 1. The Bertz CT molecular complexity index is 418. The predicted octanol–water partition coefficient (Wildman–Crippen LogP) is 3.25. The maximum absolute atomic E-state index is 13.2. The highest BCUT2D eigenvalue weighted by molar-refractivity contribution is 5.83. The zero-order chi connectivity index (χ0) is 16.1. The summed E-state index contributed by atoms with van der Waals surface area (Å²) in [6.45, 7) is 1.67. The molecule has 0 aromatic rings. The Morgan fingerprint density at radius 3 is 2.39 bits per heavy atom. The molecule has 130 valence electrons. The Morgan fingerprint density at radius 2 is 1.57 bits per heavy atom. The van der Waals surface area contributed by atoms with E-state index in [9.17, 15) is 9.59 Å². The SMILES string of the molecule is O=C1NCCCCCN(C(=O)C2CCCCC2)[C@H]2CCCC[C@@H]12. The van der Waals surface area contributed by atoms with Crippen molar-refractivity contribution < 1.29 is 9.59 Å². The lowest BCUT2D eigenvalue weighted by atomic mass is 9.81. The molecule has 0 spiro atoms. The van der Waals surface area contributed by atoms with Crippen LogP contribution in [0.15, 0.2) is 0 Å². The van der Waals surface area contributed by atoms with Crippen LogP contribution in [0.4, 0.5) is 0 Å². The largest absolute Gasteiger partial charge is 0.356 e. The third-order valence-corrected chi connectivity index (χ3v) is 6.08. The van der Waals surface area contributed by atoms with Crippen molar-refractivity contribution in [3.63, 3.8) is 0 Å². The van der Waals surface area contributed by atoms with Crippen LogP contribution in [0.25, 0.3) is 0 Å². The summed E-state index contributed by atoms with van der Waals surface area (Å²) < 4.78 is 0. The third kappa shape index (κ3) is 4.07. The van der Waals surface area contributed by atoms with Gasteiger partial charge in [-0.15, -0.1) is 0 Å². The van der Waals surface area contributed by atoms with Crippen LogP contribution in [0, 0.1) is 11.8 Å². The van der Waals surface area contributed by atoms with E-state index in [0.29, 0.717) is 5.91 Å². The monoisotopic (exact) mass is 320 g/mol. The lowest BCUT2D eigenvalue weighted by Gasteiger charge is -2.42. The first-order valence-corrected chi connectivity index (χ1v) is 9.85. The smallest absolute Gasteiger partial charge is 0.225 e. The Labute approximate surface area is 140 Å². The fourth-order valence-electron chi connectivity index (χ4n) is 4.74. The molecule has 0 aromatic carbocycles. The Hall–Kier alpha value is -1.06. The molecular formula is C19H32N2O2. The molecular weight excluding hydrogens is 288 g/mol. The zero-order valence-electron chi connectivity index (χ0n) is 14.4. The zero-order valence-corrected chi connectivity index (χ0v) is 14.4. The number of fused-ring (bicyclic) bond motifs is 1. The number of nitrogens with zero attached hydrogens (tertiary/aromatic N) is 1. The molecule has 1 N–H and O–H groups in total. The molecule has 1 aliphatic heterocycles. The van der Waals surface area contributed by atoms with Crippen molar-refractivity contribution in [2.45, 2.75) is 83.1 Å². The fourth-order valence-corrected chi connectivity index (χ4v) is 4.74. The normalized spacial score (nSPS) is 31.1. The van der Waals surface area contributed by atoms with Crippen molar-refractivity contribution in [1.82, 2.24) is 10.2 Å². The van der Waals surface area contributed by atoms with Crippen molar-refractivity contribution >= 4 is 11.8 Å². The first kappa shape index (κ1) is 16.8. The van der Waals surface area contributed by atoms with Gasteiger partial charge in [0.2, 0.25) is 11.8 Å². The van der Waals surface area contributed by atoms with Gasteiger partial charge in [0.05, 0.1) is 5.92 Å². The second kappa shape index (κ2) is 8.16. The van der Waals surface area contributed by atoms with E-state index >= 15 is 0 Å². The molecule has 23 heavy (non-hydrogen) atoms.